The van der Waals surface area contributed by atoms with Crippen molar-refractivity contribution >= 4 is 27.0 Å². The summed E-state index contributed by atoms with van der Waals surface area (Å²) in [6.45, 7) is 0. The van der Waals surface area contributed by atoms with Crippen LogP contribution in [0.25, 0.3) is 11.1 Å². The highest BCUT2D eigenvalue weighted by atomic mass is 79.9. The number of benzene rings is 1. The van der Waals surface area contributed by atoms with Gasteiger partial charge in [0.15, 0.2) is 5.58 Å². The van der Waals surface area contributed by atoms with Crippen LogP contribution < -0.4 is 5.73 Å². The van der Waals surface area contributed by atoms with Crippen molar-refractivity contribution in [3.63, 3.8) is 0 Å². The first kappa shape index (κ1) is 8.44. The van der Waals surface area contributed by atoms with E-state index in [0.29, 0.717) is 5.89 Å². The first-order valence-electron chi connectivity index (χ1n) is 4.53. The molecule has 2 N–H and O–H groups in total. The smallest absolute Gasteiger partial charge is 0.215 e. The average molecular weight is 253 g/mol. The van der Waals surface area contributed by atoms with Crippen molar-refractivity contribution in [2.45, 2.75) is 18.4 Å². The van der Waals surface area contributed by atoms with Gasteiger partial charge < -0.3 is 10.2 Å². The summed E-state index contributed by atoms with van der Waals surface area (Å²) in [5.74, 6) is 0.666. The molecule has 2 aromatic rings. The maximum absolute atomic E-state index is 6.01. The molecule has 3 nitrogen and oxygen atoms in total. The first-order valence-corrected chi connectivity index (χ1v) is 5.33. The Morgan fingerprint density at radius 3 is 2.86 bits per heavy atom. The zero-order valence-corrected chi connectivity index (χ0v) is 9.04. The van der Waals surface area contributed by atoms with Crippen LogP contribution >= 0.6 is 15.9 Å². The Labute approximate surface area is 89.4 Å². The van der Waals surface area contributed by atoms with E-state index < -0.39 is 0 Å². The summed E-state index contributed by atoms with van der Waals surface area (Å²) in [7, 11) is 0. The number of hydrogen-bond acceptors (Lipinski definition) is 3. The number of nitrogens with two attached hydrogens (primary N) is 1. The third kappa shape index (κ3) is 1.11. The molecule has 0 atom stereocenters. The molecule has 1 aliphatic rings. The lowest BCUT2D eigenvalue weighted by molar-refractivity contribution is 0.465. The second-order valence-corrected chi connectivity index (χ2v) is 4.62. The molecule has 1 aromatic carbocycles. The number of halogens is 1. The van der Waals surface area contributed by atoms with Gasteiger partial charge in [-0.25, -0.2) is 4.98 Å². The van der Waals surface area contributed by atoms with Crippen LogP contribution in [0, 0.1) is 0 Å². The Morgan fingerprint density at radius 1 is 1.43 bits per heavy atom. The van der Waals surface area contributed by atoms with Crippen molar-refractivity contribution in [2.24, 2.45) is 5.73 Å². The predicted octanol–water partition coefficient (Wildman–Crippen LogP) is 2.54. The third-order valence-corrected chi connectivity index (χ3v) is 3.21. The number of hydrogen-bond donors (Lipinski definition) is 1. The van der Waals surface area contributed by atoms with Crippen LogP contribution in [0.4, 0.5) is 0 Å². The summed E-state index contributed by atoms with van der Waals surface area (Å²) in [5, 5.41) is 0. The second-order valence-electron chi connectivity index (χ2n) is 3.76. The van der Waals surface area contributed by atoms with Crippen molar-refractivity contribution in [3.05, 3.63) is 28.6 Å². The molecule has 0 radical (unpaired) electrons. The Morgan fingerprint density at radius 2 is 2.21 bits per heavy atom. The molecule has 0 aliphatic heterocycles. The van der Waals surface area contributed by atoms with E-state index in [1.54, 1.807) is 0 Å². The highest BCUT2D eigenvalue weighted by Gasteiger charge is 2.45. The van der Waals surface area contributed by atoms with Crippen molar-refractivity contribution < 1.29 is 4.42 Å². The van der Waals surface area contributed by atoms with Gasteiger partial charge in [-0.1, -0.05) is 6.07 Å². The van der Waals surface area contributed by atoms with E-state index in [4.69, 9.17) is 10.2 Å². The fourth-order valence-corrected chi connectivity index (χ4v) is 1.91. The number of para-hydroxylation sites is 1. The highest BCUT2D eigenvalue weighted by Crippen LogP contribution is 2.43. The molecule has 0 spiro atoms. The van der Waals surface area contributed by atoms with Gasteiger partial charge in [-0.05, 0) is 40.9 Å². The molecule has 1 aliphatic carbocycles. The minimum Gasteiger partial charge on any atom is -0.437 e. The lowest BCUT2D eigenvalue weighted by atomic mass is 10.3. The Balaban J connectivity index is 2.25. The molecule has 1 fully saturated rings. The summed E-state index contributed by atoms with van der Waals surface area (Å²) in [5.41, 5.74) is 7.37. The van der Waals surface area contributed by atoms with Crippen molar-refractivity contribution in [1.82, 2.24) is 4.98 Å². The molecule has 1 aromatic heterocycles. The molecular weight excluding hydrogens is 244 g/mol. The fourth-order valence-electron chi connectivity index (χ4n) is 1.48. The van der Waals surface area contributed by atoms with E-state index in [9.17, 15) is 0 Å². The van der Waals surface area contributed by atoms with Gasteiger partial charge in [0.05, 0.1) is 10.0 Å². The Hall–Kier alpha value is -0.870. The highest BCUT2D eigenvalue weighted by molar-refractivity contribution is 9.10. The van der Waals surface area contributed by atoms with E-state index in [2.05, 4.69) is 20.9 Å². The molecule has 0 bridgehead atoms. The number of rotatable bonds is 1. The topological polar surface area (TPSA) is 52.0 Å². The summed E-state index contributed by atoms with van der Waals surface area (Å²) in [6.07, 6.45) is 1.94. The minimum absolute atomic E-state index is 0.293. The zero-order valence-electron chi connectivity index (χ0n) is 7.46. The molecule has 1 saturated carbocycles. The van der Waals surface area contributed by atoms with Gasteiger partial charge in [-0.3, -0.25) is 0 Å². The van der Waals surface area contributed by atoms with Gasteiger partial charge >= 0.3 is 0 Å². The van der Waals surface area contributed by atoms with Gasteiger partial charge in [-0.15, -0.1) is 0 Å². The van der Waals surface area contributed by atoms with Crippen LogP contribution in [0.5, 0.6) is 0 Å². The molecule has 0 unspecified atom stereocenters. The van der Waals surface area contributed by atoms with E-state index in [0.717, 1.165) is 28.4 Å². The number of fused-ring (bicyclic) bond motifs is 1. The van der Waals surface area contributed by atoms with E-state index in [1.165, 1.54) is 0 Å². The van der Waals surface area contributed by atoms with Crippen LogP contribution in [0.1, 0.15) is 18.7 Å². The summed E-state index contributed by atoms with van der Waals surface area (Å²) >= 11 is 3.42. The summed E-state index contributed by atoms with van der Waals surface area (Å²) in [6, 6.07) is 5.81. The molecule has 1 heterocycles. The van der Waals surface area contributed by atoms with Crippen LogP contribution in [0.15, 0.2) is 27.1 Å². The molecule has 14 heavy (non-hydrogen) atoms. The molecule has 0 saturated heterocycles. The van der Waals surface area contributed by atoms with Crippen molar-refractivity contribution in [3.8, 4) is 0 Å². The maximum atomic E-state index is 6.01. The predicted molar refractivity (Wildman–Crippen MR) is 56.8 cm³/mol. The second kappa shape index (κ2) is 2.58. The summed E-state index contributed by atoms with van der Waals surface area (Å²) in [4.78, 5) is 4.39. The lowest BCUT2D eigenvalue weighted by Gasteiger charge is -1.99. The molecule has 0 amide bonds. The van der Waals surface area contributed by atoms with Gasteiger partial charge in [0.25, 0.3) is 0 Å². The van der Waals surface area contributed by atoms with Gasteiger partial charge in [0.2, 0.25) is 5.89 Å². The fraction of sp³-hybridized carbons (Fsp3) is 0.300. The van der Waals surface area contributed by atoms with Crippen LogP contribution in [-0.4, -0.2) is 4.98 Å². The number of aromatic nitrogens is 1. The molecule has 3 rings (SSSR count). The van der Waals surface area contributed by atoms with Crippen molar-refractivity contribution in [1.29, 1.82) is 0 Å². The monoisotopic (exact) mass is 252 g/mol. The first-order chi connectivity index (χ1) is 6.69. The quantitative estimate of drug-likeness (QED) is 0.849. The molecule has 72 valence electrons. The minimum atomic E-state index is -0.293. The average Bonchev–Trinajstić information content (AvgIpc) is 2.77. The van der Waals surface area contributed by atoms with Gasteiger partial charge in [0.1, 0.15) is 5.52 Å². The molecule has 4 heteroatoms. The number of oxazole rings is 1. The van der Waals surface area contributed by atoms with E-state index in [1.807, 2.05) is 18.2 Å². The Bertz CT molecular complexity index is 502. The largest absolute Gasteiger partial charge is 0.437 e. The van der Waals surface area contributed by atoms with Gasteiger partial charge in [-0.2, -0.15) is 0 Å². The SMILES string of the molecule is NC1(c2nc3cccc(Br)c3o2)CC1. The lowest BCUT2D eigenvalue weighted by Crippen LogP contribution is -2.18. The third-order valence-electron chi connectivity index (χ3n) is 2.58. The normalized spacial score (nSPS) is 18.7. The van der Waals surface area contributed by atoms with Gasteiger partial charge in [0, 0.05) is 0 Å². The van der Waals surface area contributed by atoms with E-state index >= 15 is 0 Å². The maximum Gasteiger partial charge on any atom is 0.215 e. The van der Waals surface area contributed by atoms with E-state index in [-0.39, 0.29) is 5.54 Å². The van der Waals surface area contributed by atoms with Crippen molar-refractivity contribution in [2.75, 3.05) is 0 Å². The Kier molecular flexibility index (Phi) is 1.56. The van der Waals surface area contributed by atoms with Crippen LogP contribution in [-0.2, 0) is 5.54 Å². The van der Waals surface area contributed by atoms with Crippen LogP contribution in [0.2, 0.25) is 0 Å². The van der Waals surface area contributed by atoms with Crippen LogP contribution in [0.3, 0.4) is 0 Å². The number of nitrogens with zero attached hydrogens (tertiary/aromatic N) is 1. The standard InChI is InChI=1S/C10H9BrN2O/c11-6-2-1-3-7-8(6)14-9(13-7)10(12)4-5-10/h1-3H,4-5,12H2. The molecular formula is C10H9BrN2O. The zero-order chi connectivity index (χ0) is 9.76. The summed E-state index contributed by atoms with van der Waals surface area (Å²) < 4.78 is 6.57.